The number of methoxy groups -OCH3 is 1. The van der Waals surface area contributed by atoms with Crippen molar-refractivity contribution in [3.05, 3.63) is 71.0 Å². The highest BCUT2D eigenvalue weighted by atomic mass is 32.2. The van der Waals surface area contributed by atoms with E-state index in [9.17, 15) is 9.18 Å². The Bertz CT molecular complexity index is 864. The number of carbonyl (C=O) groups is 1. The number of anilines is 1. The summed E-state index contributed by atoms with van der Waals surface area (Å²) in [5.41, 5.74) is 1.00. The van der Waals surface area contributed by atoms with Gasteiger partial charge >= 0.3 is 0 Å². The summed E-state index contributed by atoms with van der Waals surface area (Å²) < 4.78 is 18.1. The first-order chi connectivity index (χ1) is 12.6. The van der Waals surface area contributed by atoms with E-state index in [0.29, 0.717) is 17.3 Å². The fourth-order valence-corrected chi connectivity index (χ4v) is 3.79. The number of hydrogen-bond acceptors (Lipinski definition) is 5. The van der Waals surface area contributed by atoms with Gasteiger partial charge in [-0.3, -0.25) is 4.79 Å². The van der Waals surface area contributed by atoms with Gasteiger partial charge in [0, 0.05) is 22.4 Å². The van der Waals surface area contributed by atoms with E-state index in [-0.39, 0.29) is 11.7 Å². The molecule has 4 nitrogen and oxygen atoms in total. The SMILES string of the molecule is COc1ccc(SCC(=O)Nc2ncc(Cc3ccc(F)cc3)s2)cc1. The number of benzene rings is 2. The standard InChI is InChI=1S/C19H17FN2O2S2/c1-24-15-6-8-16(9-7-15)25-12-18(23)22-19-21-11-17(26-19)10-13-2-4-14(20)5-3-13/h2-9,11H,10,12H2,1H3,(H,21,22,23). The third kappa shape index (κ3) is 5.31. The largest absolute Gasteiger partial charge is 0.497 e. The Kier molecular flexibility index (Phi) is 6.25. The minimum atomic E-state index is -0.250. The number of thiazole rings is 1. The number of nitrogens with zero attached hydrogens (tertiary/aromatic N) is 1. The average Bonchev–Trinajstić information content (AvgIpc) is 3.09. The fourth-order valence-electron chi connectivity index (χ4n) is 2.23. The van der Waals surface area contributed by atoms with Crippen molar-refractivity contribution in [2.45, 2.75) is 11.3 Å². The van der Waals surface area contributed by atoms with Crippen molar-refractivity contribution in [3.63, 3.8) is 0 Å². The summed E-state index contributed by atoms with van der Waals surface area (Å²) in [6, 6.07) is 13.9. The summed E-state index contributed by atoms with van der Waals surface area (Å²) in [4.78, 5) is 18.3. The van der Waals surface area contributed by atoms with Crippen LogP contribution in [0.5, 0.6) is 5.75 Å². The average molecular weight is 388 g/mol. The van der Waals surface area contributed by atoms with Crippen molar-refractivity contribution >= 4 is 34.1 Å². The molecule has 3 rings (SSSR count). The zero-order valence-corrected chi connectivity index (χ0v) is 15.7. The molecular formula is C19H17FN2O2S2. The number of ether oxygens (including phenoxy) is 1. The minimum absolute atomic E-state index is 0.103. The maximum absolute atomic E-state index is 12.9. The lowest BCUT2D eigenvalue weighted by Crippen LogP contribution is -2.13. The summed E-state index contributed by atoms with van der Waals surface area (Å²) in [5, 5.41) is 3.38. The molecule has 1 amide bonds. The lowest BCUT2D eigenvalue weighted by molar-refractivity contribution is -0.113. The van der Waals surface area contributed by atoms with E-state index in [0.717, 1.165) is 21.1 Å². The lowest BCUT2D eigenvalue weighted by atomic mass is 10.1. The van der Waals surface area contributed by atoms with Crippen LogP contribution in [0.4, 0.5) is 9.52 Å². The molecule has 0 saturated carbocycles. The molecule has 2 aromatic carbocycles. The zero-order valence-electron chi connectivity index (χ0n) is 14.1. The van der Waals surface area contributed by atoms with Gasteiger partial charge in [-0.05, 0) is 42.0 Å². The number of carbonyl (C=O) groups excluding carboxylic acids is 1. The molecule has 7 heteroatoms. The second-order valence-corrected chi connectivity index (χ2v) is 7.61. The van der Waals surface area contributed by atoms with Gasteiger partial charge in [0.15, 0.2) is 5.13 Å². The second-order valence-electron chi connectivity index (χ2n) is 5.45. The van der Waals surface area contributed by atoms with E-state index in [2.05, 4.69) is 10.3 Å². The third-order valence-electron chi connectivity index (χ3n) is 3.52. The van der Waals surface area contributed by atoms with Crippen LogP contribution in [0.15, 0.2) is 59.6 Å². The molecule has 26 heavy (non-hydrogen) atoms. The Hall–Kier alpha value is -2.38. The summed E-state index contributed by atoms with van der Waals surface area (Å²) in [5.74, 6) is 0.739. The number of rotatable bonds is 7. The van der Waals surface area contributed by atoms with Gasteiger partial charge in [0.1, 0.15) is 11.6 Å². The first-order valence-corrected chi connectivity index (χ1v) is 9.68. The molecule has 0 fully saturated rings. The molecule has 0 spiro atoms. The Morgan fingerprint density at radius 3 is 2.62 bits per heavy atom. The number of halogens is 1. The summed E-state index contributed by atoms with van der Waals surface area (Å²) >= 11 is 2.88. The first-order valence-electron chi connectivity index (χ1n) is 7.88. The van der Waals surface area contributed by atoms with Gasteiger partial charge in [-0.1, -0.05) is 12.1 Å². The van der Waals surface area contributed by atoms with Crippen LogP contribution in [-0.4, -0.2) is 23.8 Å². The van der Waals surface area contributed by atoms with Crippen molar-refractivity contribution in [2.75, 3.05) is 18.2 Å². The van der Waals surface area contributed by atoms with Gasteiger partial charge in [-0.25, -0.2) is 9.37 Å². The van der Waals surface area contributed by atoms with Gasteiger partial charge in [0.2, 0.25) is 5.91 Å². The molecule has 0 aliphatic rings. The maximum atomic E-state index is 12.9. The molecule has 0 aliphatic heterocycles. The van der Waals surface area contributed by atoms with Crippen LogP contribution < -0.4 is 10.1 Å². The second kappa shape index (κ2) is 8.82. The molecule has 0 aliphatic carbocycles. The van der Waals surface area contributed by atoms with E-state index in [1.54, 1.807) is 25.4 Å². The van der Waals surface area contributed by atoms with Gasteiger partial charge in [0.25, 0.3) is 0 Å². The molecule has 1 N–H and O–H groups in total. The first kappa shape index (κ1) is 18.4. The minimum Gasteiger partial charge on any atom is -0.497 e. The number of hydrogen-bond donors (Lipinski definition) is 1. The highest BCUT2D eigenvalue weighted by Crippen LogP contribution is 2.23. The predicted molar refractivity (Wildman–Crippen MR) is 104 cm³/mol. The van der Waals surface area contributed by atoms with E-state index in [1.807, 2.05) is 24.3 Å². The Balaban J connectivity index is 1.49. The van der Waals surface area contributed by atoms with Gasteiger partial charge < -0.3 is 10.1 Å². The number of amides is 1. The molecule has 0 unspecified atom stereocenters. The van der Waals surface area contributed by atoms with Gasteiger partial charge in [-0.15, -0.1) is 23.1 Å². The quantitative estimate of drug-likeness (QED) is 0.601. The van der Waals surface area contributed by atoms with Crippen molar-refractivity contribution in [1.82, 2.24) is 4.98 Å². The molecule has 134 valence electrons. The monoisotopic (exact) mass is 388 g/mol. The smallest absolute Gasteiger partial charge is 0.236 e. The topological polar surface area (TPSA) is 51.2 Å². The molecule has 0 radical (unpaired) electrons. The molecule has 3 aromatic rings. The zero-order chi connectivity index (χ0) is 18.4. The van der Waals surface area contributed by atoms with Crippen LogP contribution in [0.1, 0.15) is 10.4 Å². The van der Waals surface area contributed by atoms with E-state index < -0.39 is 0 Å². The number of thioether (sulfide) groups is 1. The Morgan fingerprint density at radius 2 is 1.92 bits per heavy atom. The highest BCUT2D eigenvalue weighted by Gasteiger charge is 2.08. The van der Waals surface area contributed by atoms with Crippen LogP contribution >= 0.6 is 23.1 Å². The van der Waals surface area contributed by atoms with E-state index in [4.69, 9.17) is 4.74 Å². The summed E-state index contributed by atoms with van der Waals surface area (Å²) in [7, 11) is 1.62. The molecule has 0 saturated heterocycles. The molecule has 0 atom stereocenters. The Labute approximate surface area is 159 Å². The molecule has 1 aromatic heterocycles. The molecule has 0 bridgehead atoms. The predicted octanol–water partition coefficient (Wildman–Crippen LogP) is 4.61. The van der Waals surface area contributed by atoms with Crippen LogP contribution in [0, 0.1) is 5.82 Å². The lowest BCUT2D eigenvalue weighted by Gasteiger charge is -2.03. The summed E-state index contributed by atoms with van der Waals surface area (Å²) in [6.07, 6.45) is 2.40. The highest BCUT2D eigenvalue weighted by molar-refractivity contribution is 8.00. The van der Waals surface area contributed by atoms with Crippen molar-refractivity contribution in [2.24, 2.45) is 0 Å². The molecular weight excluding hydrogens is 371 g/mol. The van der Waals surface area contributed by atoms with Crippen LogP contribution in [0.3, 0.4) is 0 Å². The fraction of sp³-hybridized carbons (Fsp3) is 0.158. The number of nitrogens with one attached hydrogen (secondary N) is 1. The van der Waals surface area contributed by atoms with Crippen molar-refractivity contribution in [1.29, 1.82) is 0 Å². The van der Waals surface area contributed by atoms with Gasteiger partial charge in [0.05, 0.1) is 12.9 Å². The maximum Gasteiger partial charge on any atom is 0.236 e. The van der Waals surface area contributed by atoms with Crippen molar-refractivity contribution in [3.8, 4) is 5.75 Å². The van der Waals surface area contributed by atoms with Gasteiger partial charge in [-0.2, -0.15) is 0 Å². The van der Waals surface area contributed by atoms with Crippen molar-refractivity contribution < 1.29 is 13.9 Å². The summed E-state index contributed by atoms with van der Waals surface area (Å²) in [6.45, 7) is 0. The Morgan fingerprint density at radius 1 is 1.19 bits per heavy atom. The van der Waals surface area contributed by atoms with Crippen LogP contribution in [0.2, 0.25) is 0 Å². The van der Waals surface area contributed by atoms with E-state index >= 15 is 0 Å². The number of aromatic nitrogens is 1. The molecule has 1 heterocycles. The van der Waals surface area contributed by atoms with E-state index in [1.165, 1.54) is 35.2 Å². The normalized spacial score (nSPS) is 10.5. The third-order valence-corrected chi connectivity index (χ3v) is 5.45. The van der Waals surface area contributed by atoms with Crippen LogP contribution in [0.25, 0.3) is 0 Å². The van der Waals surface area contributed by atoms with Crippen LogP contribution in [-0.2, 0) is 11.2 Å².